The zero-order valence-electron chi connectivity index (χ0n) is 35.3. The van der Waals surface area contributed by atoms with Gasteiger partial charge < -0.3 is 57.8 Å². The Kier molecular flexibility index (Phi) is 15.6. The average molecular weight is 869 g/mol. The first-order valence-electron chi connectivity index (χ1n) is 20.5. The predicted octanol–water partition coefficient (Wildman–Crippen LogP) is 5.01. The number of rotatable bonds is 12. The fourth-order valence-corrected chi connectivity index (χ4v) is 7.35. The van der Waals surface area contributed by atoms with Crippen LogP contribution in [0.5, 0.6) is 23.0 Å². The Morgan fingerprint density at radius 3 is 1.87 bits per heavy atom. The van der Waals surface area contributed by atoms with Crippen LogP contribution in [0.3, 0.4) is 0 Å². The maximum Gasteiger partial charge on any atom is 0.351 e. The molecule has 1 fully saturated rings. The van der Waals surface area contributed by atoms with Gasteiger partial charge in [0, 0.05) is 25.1 Å². The molecule has 3 heterocycles. The molecule has 5 aromatic rings. The van der Waals surface area contributed by atoms with Gasteiger partial charge in [-0.1, -0.05) is 54.6 Å². The molecule has 0 aliphatic carbocycles. The number of hydrogen-bond acceptors (Lipinski definition) is 14. The lowest BCUT2D eigenvalue weighted by molar-refractivity contribution is -0.0966. The van der Waals surface area contributed by atoms with Crippen LogP contribution in [-0.4, -0.2) is 120 Å². The summed E-state index contributed by atoms with van der Waals surface area (Å²) in [6.45, 7) is 2.84. The summed E-state index contributed by atoms with van der Waals surface area (Å²) in [5, 5.41) is 16.9. The topological polar surface area (TPSA) is 189 Å². The van der Waals surface area contributed by atoms with Crippen molar-refractivity contribution in [1.29, 1.82) is 0 Å². The molecule has 4 atom stereocenters. The van der Waals surface area contributed by atoms with Crippen molar-refractivity contribution in [2.24, 2.45) is 0 Å². The molecule has 63 heavy (non-hydrogen) atoms. The minimum Gasteiger partial charge on any atom is -0.497 e. The molecule has 0 saturated carbocycles. The van der Waals surface area contributed by atoms with Crippen molar-refractivity contribution in [3.8, 4) is 23.0 Å². The summed E-state index contributed by atoms with van der Waals surface area (Å²) in [5.74, 6) is 2.18. The number of nitrogens with zero attached hydrogens (tertiary/aromatic N) is 2. The standard InChI is InChI=1S/C46H52N4O13/c1-54-35-14-9-32(10-15-35)46(31-7-5-4-6-8-31,33-11-16-36(55-2)17-12-33)62-30-39-41(51)42(56-3)43(63-39)50-20-19-40(49-45(50)53)48-44(52)47-34-13-18-37-38(29-34)61-28-26-59-24-22-57-21-23-58-25-27-60-37/h4-20,29,39,41-43,51H,21-28,30H2,1-3H3,(H2,47,48,49,52,53)/t39-,41-,42-,43-/m1/s1. The number of methoxy groups -OCH3 is 3. The molecule has 17 heteroatoms. The van der Waals surface area contributed by atoms with E-state index in [1.54, 1.807) is 32.4 Å². The van der Waals surface area contributed by atoms with E-state index in [2.05, 4.69) is 15.6 Å². The van der Waals surface area contributed by atoms with Crippen molar-refractivity contribution in [2.75, 3.05) is 91.4 Å². The van der Waals surface area contributed by atoms with Crippen LogP contribution in [0.2, 0.25) is 0 Å². The van der Waals surface area contributed by atoms with Gasteiger partial charge in [0.25, 0.3) is 0 Å². The number of aliphatic hydroxyl groups excluding tert-OH is 1. The highest BCUT2D eigenvalue weighted by Gasteiger charge is 2.48. The molecule has 2 amide bonds. The first kappa shape index (κ1) is 45.0. The van der Waals surface area contributed by atoms with E-state index in [0.717, 1.165) is 16.7 Å². The highest BCUT2D eigenvalue weighted by atomic mass is 16.6. The van der Waals surface area contributed by atoms with E-state index in [1.807, 2.05) is 78.9 Å². The van der Waals surface area contributed by atoms with E-state index in [4.69, 9.17) is 47.4 Å². The number of nitrogens with one attached hydrogen (secondary N) is 2. The van der Waals surface area contributed by atoms with Crippen molar-refractivity contribution in [2.45, 2.75) is 30.1 Å². The largest absolute Gasteiger partial charge is 0.497 e. The van der Waals surface area contributed by atoms with Gasteiger partial charge in [-0.05, 0) is 59.2 Å². The third-order valence-electron chi connectivity index (χ3n) is 10.5. The maximum atomic E-state index is 13.6. The summed E-state index contributed by atoms with van der Waals surface area (Å²) in [4.78, 5) is 30.8. The van der Waals surface area contributed by atoms with Crippen LogP contribution < -0.4 is 35.3 Å². The molecule has 0 spiro atoms. The number of amides is 2. The summed E-state index contributed by atoms with van der Waals surface area (Å²) in [6, 6.07) is 30.6. The Bertz CT molecular complexity index is 2230. The van der Waals surface area contributed by atoms with Gasteiger partial charge >= 0.3 is 11.7 Å². The molecule has 1 saturated heterocycles. The SMILES string of the molecule is COc1ccc(C(OC[C@H]2O[C@@H](n3ccc(NC(=O)Nc4ccc5c(c4)OCCOCCOCCOCCO5)nc3=O)[C@H](OC)[C@@H]2O)(c2ccccc2)c2ccc(OC)cc2)cc1. The van der Waals surface area contributed by atoms with Crippen molar-refractivity contribution in [3.63, 3.8) is 0 Å². The van der Waals surface area contributed by atoms with Gasteiger partial charge in [-0.15, -0.1) is 0 Å². The van der Waals surface area contributed by atoms with Gasteiger partial charge in [0.2, 0.25) is 0 Å². The summed E-state index contributed by atoms with van der Waals surface area (Å²) in [6.07, 6.45) is -2.83. The Morgan fingerprint density at radius 2 is 1.30 bits per heavy atom. The minimum absolute atomic E-state index is 0.0253. The molecule has 0 bridgehead atoms. The van der Waals surface area contributed by atoms with E-state index < -0.39 is 41.9 Å². The number of hydrogen-bond donors (Lipinski definition) is 3. The smallest absolute Gasteiger partial charge is 0.351 e. The number of carbonyl (C=O) groups excluding carboxylic acids is 1. The fourth-order valence-electron chi connectivity index (χ4n) is 7.35. The van der Waals surface area contributed by atoms with Crippen LogP contribution in [0.4, 0.5) is 16.3 Å². The molecule has 3 N–H and O–H groups in total. The first-order chi connectivity index (χ1) is 30.8. The molecular formula is C46H52N4O13. The van der Waals surface area contributed by atoms with Crippen LogP contribution in [0.25, 0.3) is 0 Å². The van der Waals surface area contributed by atoms with E-state index >= 15 is 0 Å². The van der Waals surface area contributed by atoms with E-state index in [-0.39, 0.29) is 25.6 Å². The molecule has 4 aromatic carbocycles. The van der Waals surface area contributed by atoms with E-state index in [0.29, 0.717) is 68.3 Å². The van der Waals surface area contributed by atoms with Gasteiger partial charge in [0.15, 0.2) is 17.7 Å². The van der Waals surface area contributed by atoms with Crippen molar-refractivity contribution >= 4 is 17.5 Å². The van der Waals surface area contributed by atoms with E-state index in [1.165, 1.54) is 23.9 Å². The fraction of sp³-hybridized carbons (Fsp3) is 0.370. The number of urea groups is 1. The predicted molar refractivity (Wildman–Crippen MR) is 230 cm³/mol. The highest BCUT2D eigenvalue weighted by molar-refractivity contribution is 5.99. The Morgan fingerprint density at radius 1 is 0.730 bits per heavy atom. The molecule has 0 unspecified atom stereocenters. The summed E-state index contributed by atoms with van der Waals surface area (Å²) in [7, 11) is 4.62. The molecule has 7 rings (SSSR count). The van der Waals surface area contributed by atoms with Crippen LogP contribution in [0.15, 0.2) is 114 Å². The molecule has 0 radical (unpaired) electrons. The average Bonchev–Trinajstić information content (AvgIpc) is 3.62. The number of benzene rings is 4. The monoisotopic (exact) mass is 868 g/mol. The maximum absolute atomic E-state index is 13.6. The van der Waals surface area contributed by atoms with Gasteiger partial charge in [0.1, 0.15) is 54.4 Å². The summed E-state index contributed by atoms with van der Waals surface area (Å²) in [5.41, 5.74) is 0.850. The normalized spacial score (nSPS) is 19.9. The number of fused-ring (bicyclic) bond motifs is 1. The molecule has 17 nitrogen and oxygen atoms in total. The Balaban J connectivity index is 1.06. The minimum atomic E-state index is -1.22. The van der Waals surface area contributed by atoms with Gasteiger partial charge in [-0.2, -0.15) is 4.98 Å². The Hall–Kier alpha value is -6.05. The number of aromatic nitrogens is 2. The van der Waals surface area contributed by atoms with Crippen molar-refractivity contribution < 1.29 is 57.3 Å². The van der Waals surface area contributed by atoms with Crippen LogP contribution in [0.1, 0.15) is 22.9 Å². The van der Waals surface area contributed by atoms with Crippen molar-refractivity contribution in [3.05, 3.63) is 136 Å². The molecule has 2 aliphatic heterocycles. The first-order valence-corrected chi connectivity index (χ1v) is 20.5. The van der Waals surface area contributed by atoms with Crippen molar-refractivity contribution in [1.82, 2.24) is 9.55 Å². The quantitative estimate of drug-likeness (QED) is 0.142. The second kappa shape index (κ2) is 21.8. The lowest BCUT2D eigenvalue weighted by atomic mass is 9.80. The van der Waals surface area contributed by atoms with E-state index in [9.17, 15) is 14.7 Å². The second-order valence-electron chi connectivity index (χ2n) is 14.3. The summed E-state index contributed by atoms with van der Waals surface area (Å²) < 4.78 is 59.5. The molecule has 1 aromatic heterocycles. The lowest BCUT2D eigenvalue weighted by Gasteiger charge is -2.37. The zero-order chi connectivity index (χ0) is 44.0. The Labute approximate surface area is 364 Å². The lowest BCUT2D eigenvalue weighted by Crippen LogP contribution is -2.40. The molecule has 2 aliphatic rings. The van der Waals surface area contributed by atoms with Gasteiger partial charge in [0.05, 0.1) is 60.5 Å². The second-order valence-corrected chi connectivity index (χ2v) is 14.3. The third kappa shape index (κ3) is 11.0. The molecule has 334 valence electrons. The number of aliphatic hydroxyl groups is 1. The summed E-state index contributed by atoms with van der Waals surface area (Å²) >= 11 is 0. The van der Waals surface area contributed by atoms with Crippen LogP contribution in [0, 0.1) is 0 Å². The van der Waals surface area contributed by atoms with Gasteiger partial charge in [-0.3, -0.25) is 9.88 Å². The van der Waals surface area contributed by atoms with Crippen LogP contribution >= 0.6 is 0 Å². The molecular weight excluding hydrogens is 817 g/mol. The number of ether oxygens (including phenoxy) is 10. The highest BCUT2D eigenvalue weighted by Crippen LogP contribution is 2.43. The number of anilines is 2. The van der Waals surface area contributed by atoms with Crippen LogP contribution in [-0.2, 0) is 34.0 Å². The number of carbonyl (C=O) groups is 1. The zero-order valence-corrected chi connectivity index (χ0v) is 35.3. The van der Waals surface area contributed by atoms with Gasteiger partial charge in [-0.25, -0.2) is 9.59 Å². The third-order valence-corrected chi connectivity index (χ3v) is 10.5.